The van der Waals surface area contributed by atoms with Crippen molar-refractivity contribution < 1.29 is 4.79 Å². The fourth-order valence-electron chi connectivity index (χ4n) is 2.39. The molecule has 0 saturated heterocycles. The molecule has 0 aliphatic carbocycles. The van der Waals surface area contributed by atoms with Crippen LogP contribution in [0.5, 0.6) is 0 Å². The number of thioether (sulfide) groups is 1. The molecule has 1 atom stereocenters. The van der Waals surface area contributed by atoms with Crippen LogP contribution in [0.15, 0.2) is 53.4 Å². The SMILES string of the molecule is CN1C(=O)C(Cc2ccccc2)Sc2ccc(N)cc21. The Balaban J connectivity index is 1.89. The smallest absolute Gasteiger partial charge is 0.240 e. The van der Waals surface area contributed by atoms with Crippen LogP contribution in [0.1, 0.15) is 5.56 Å². The minimum Gasteiger partial charge on any atom is -0.399 e. The lowest BCUT2D eigenvalue weighted by Crippen LogP contribution is -2.39. The van der Waals surface area contributed by atoms with Crippen LogP contribution in [0.4, 0.5) is 11.4 Å². The topological polar surface area (TPSA) is 46.3 Å². The Labute approximate surface area is 122 Å². The number of nitrogens with two attached hydrogens (primary N) is 1. The summed E-state index contributed by atoms with van der Waals surface area (Å²) >= 11 is 1.63. The second kappa shape index (κ2) is 5.21. The normalized spacial score (nSPS) is 17.9. The molecule has 2 aromatic carbocycles. The highest BCUT2D eigenvalue weighted by molar-refractivity contribution is 8.01. The monoisotopic (exact) mass is 284 g/mol. The van der Waals surface area contributed by atoms with Gasteiger partial charge in [0.05, 0.1) is 10.9 Å². The summed E-state index contributed by atoms with van der Waals surface area (Å²) in [5.74, 6) is 0.136. The van der Waals surface area contributed by atoms with Gasteiger partial charge in [0.25, 0.3) is 0 Å². The summed E-state index contributed by atoms with van der Waals surface area (Å²) in [5, 5.41) is -0.0708. The first kappa shape index (κ1) is 13.1. The number of nitrogen functional groups attached to an aromatic ring is 1. The second-order valence-electron chi connectivity index (χ2n) is 4.92. The summed E-state index contributed by atoms with van der Waals surface area (Å²) in [6.07, 6.45) is 0.749. The number of amides is 1. The van der Waals surface area contributed by atoms with Gasteiger partial charge in [-0.2, -0.15) is 0 Å². The molecule has 2 N–H and O–H groups in total. The van der Waals surface area contributed by atoms with Crippen LogP contribution >= 0.6 is 11.8 Å². The molecular weight excluding hydrogens is 268 g/mol. The van der Waals surface area contributed by atoms with E-state index in [4.69, 9.17) is 5.73 Å². The van der Waals surface area contributed by atoms with Crippen molar-refractivity contribution in [2.45, 2.75) is 16.6 Å². The fourth-order valence-corrected chi connectivity index (χ4v) is 3.70. The number of rotatable bonds is 2. The Hall–Kier alpha value is -1.94. The Morgan fingerprint density at radius 1 is 1.20 bits per heavy atom. The minimum atomic E-state index is -0.0708. The van der Waals surface area contributed by atoms with Gasteiger partial charge in [-0.3, -0.25) is 4.79 Å². The maximum absolute atomic E-state index is 12.5. The molecule has 0 bridgehead atoms. The summed E-state index contributed by atoms with van der Waals surface area (Å²) in [7, 11) is 1.82. The van der Waals surface area contributed by atoms with Gasteiger partial charge in [-0.05, 0) is 30.2 Å². The van der Waals surface area contributed by atoms with E-state index in [0.29, 0.717) is 5.69 Å². The fraction of sp³-hybridized carbons (Fsp3) is 0.188. The number of hydrogen-bond acceptors (Lipinski definition) is 3. The molecule has 3 nitrogen and oxygen atoms in total. The molecule has 102 valence electrons. The third kappa shape index (κ3) is 2.39. The number of anilines is 2. The highest BCUT2D eigenvalue weighted by Crippen LogP contribution is 2.40. The first-order chi connectivity index (χ1) is 9.65. The Morgan fingerprint density at radius 3 is 2.70 bits per heavy atom. The maximum atomic E-state index is 12.5. The van der Waals surface area contributed by atoms with Crippen molar-refractivity contribution in [2.75, 3.05) is 17.7 Å². The average molecular weight is 284 g/mol. The predicted molar refractivity (Wildman–Crippen MR) is 84.1 cm³/mol. The molecule has 1 amide bonds. The number of benzene rings is 2. The van der Waals surface area contributed by atoms with E-state index in [1.54, 1.807) is 16.7 Å². The van der Waals surface area contributed by atoms with E-state index < -0.39 is 0 Å². The standard InChI is InChI=1S/C16H16N2OS/c1-18-13-10-12(17)7-8-14(13)20-15(16(18)19)9-11-5-3-2-4-6-11/h2-8,10,15H,9,17H2,1H3. The van der Waals surface area contributed by atoms with Gasteiger partial charge in [-0.25, -0.2) is 0 Å². The van der Waals surface area contributed by atoms with Crippen molar-refractivity contribution in [3.63, 3.8) is 0 Å². The third-order valence-corrected chi connectivity index (χ3v) is 4.74. The van der Waals surface area contributed by atoms with Crippen LogP contribution in [0, 0.1) is 0 Å². The summed E-state index contributed by atoms with van der Waals surface area (Å²) in [5.41, 5.74) is 8.58. The average Bonchev–Trinajstić information content (AvgIpc) is 2.46. The number of fused-ring (bicyclic) bond motifs is 1. The first-order valence-corrected chi connectivity index (χ1v) is 7.41. The number of carbonyl (C=O) groups excluding carboxylic acids is 1. The molecule has 1 aliphatic heterocycles. The zero-order chi connectivity index (χ0) is 14.1. The summed E-state index contributed by atoms with van der Waals surface area (Å²) in [6, 6.07) is 15.9. The second-order valence-corrected chi connectivity index (χ2v) is 6.17. The zero-order valence-corrected chi connectivity index (χ0v) is 12.1. The van der Waals surface area contributed by atoms with Gasteiger partial charge in [0.1, 0.15) is 0 Å². The molecule has 0 aromatic heterocycles. The molecule has 2 aromatic rings. The van der Waals surface area contributed by atoms with Gasteiger partial charge in [0.2, 0.25) is 5.91 Å². The first-order valence-electron chi connectivity index (χ1n) is 6.53. The van der Waals surface area contributed by atoms with Gasteiger partial charge in [0, 0.05) is 17.6 Å². The summed E-state index contributed by atoms with van der Waals surface area (Å²) < 4.78 is 0. The van der Waals surface area contributed by atoms with E-state index in [9.17, 15) is 4.79 Å². The van der Waals surface area contributed by atoms with Crippen molar-refractivity contribution in [3.8, 4) is 0 Å². The highest BCUT2D eigenvalue weighted by Gasteiger charge is 2.31. The molecular formula is C16H16N2OS. The summed E-state index contributed by atoms with van der Waals surface area (Å²) in [6.45, 7) is 0. The van der Waals surface area contributed by atoms with E-state index in [-0.39, 0.29) is 11.2 Å². The predicted octanol–water partition coefficient (Wildman–Crippen LogP) is 2.95. The van der Waals surface area contributed by atoms with Crippen LogP contribution in [0.2, 0.25) is 0 Å². The van der Waals surface area contributed by atoms with Crippen LogP contribution in [0.25, 0.3) is 0 Å². The Morgan fingerprint density at radius 2 is 1.95 bits per heavy atom. The lowest BCUT2D eigenvalue weighted by atomic mass is 10.1. The van der Waals surface area contributed by atoms with Crippen LogP contribution in [-0.2, 0) is 11.2 Å². The van der Waals surface area contributed by atoms with Crippen molar-refractivity contribution >= 4 is 29.0 Å². The van der Waals surface area contributed by atoms with Crippen LogP contribution in [-0.4, -0.2) is 18.2 Å². The van der Waals surface area contributed by atoms with Crippen molar-refractivity contribution in [1.29, 1.82) is 0 Å². The Kier molecular flexibility index (Phi) is 3.40. The number of carbonyl (C=O) groups is 1. The molecule has 0 fully saturated rings. The quantitative estimate of drug-likeness (QED) is 0.862. The zero-order valence-electron chi connectivity index (χ0n) is 11.2. The van der Waals surface area contributed by atoms with Crippen molar-refractivity contribution in [3.05, 3.63) is 54.1 Å². The van der Waals surface area contributed by atoms with Gasteiger partial charge in [-0.15, -0.1) is 11.8 Å². The molecule has 3 rings (SSSR count). The molecule has 1 aliphatic rings. The highest BCUT2D eigenvalue weighted by atomic mass is 32.2. The third-order valence-electron chi connectivity index (χ3n) is 3.48. The lowest BCUT2D eigenvalue weighted by Gasteiger charge is -2.31. The lowest BCUT2D eigenvalue weighted by molar-refractivity contribution is -0.117. The number of hydrogen-bond donors (Lipinski definition) is 1. The molecule has 1 heterocycles. The molecule has 1 unspecified atom stereocenters. The molecule has 20 heavy (non-hydrogen) atoms. The van der Waals surface area contributed by atoms with E-state index in [1.165, 1.54) is 5.56 Å². The van der Waals surface area contributed by atoms with Gasteiger partial charge in [0.15, 0.2) is 0 Å². The minimum absolute atomic E-state index is 0.0708. The van der Waals surface area contributed by atoms with Crippen molar-refractivity contribution in [2.24, 2.45) is 0 Å². The van der Waals surface area contributed by atoms with Crippen molar-refractivity contribution in [1.82, 2.24) is 0 Å². The van der Waals surface area contributed by atoms with E-state index >= 15 is 0 Å². The van der Waals surface area contributed by atoms with E-state index in [1.807, 2.05) is 43.4 Å². The molecule has 0 radical (unpaired) electrons. The maximum Gasteiger partial charge on any atom is 0.240 e. The molecule has 4 heteroatoms. The van der Waals surface area contributed by atoms with Crippen LogP contribution in [0.3, 0.4) is 0 Å². The van der Waals surface area contributed by atoms with Crippen LogP contribution < -0.4 is 10.6 Å². The van der Waals surface area contributed by atoms with E-state index in [0.717, 1.165) is 17.0 Å². The van der Waals surface area contributed by atoms with Gasteiger partial charge >= 0.3 is 0 Å². The largest absolute Gasteiger partial charge is 0.399 e. The van der Waals surface area contributed by atoms with Gasteiger partial charge < -0.3 is 10.6 Å². The van der Waals surface area contributed by atoms with Gasteiger partial charge in [-0.1, -0.05) is 30.3 Å². The molecule has 0 saturated carbocycles. The Bertz CT molecular complexity index is 642. The summed E-state index contributed by atoms with van der Waals surface area (Å²) in [4.78, 5) is 15.3. The van der Waals surface area contributed by atoms with E-state index in [2.05, 4.69) is 12.1 Å². The number of nitrogens with zero attached hydrogens (tertiary/aromatic N) is 1. The molecule has 0 spiro atoms.